The smallest absolute Gasteiger partial charge is 0.328 e. The Bertz CT molecular complexity index is 664. The van der Waals surface area contributed by atoms with Crippen molar-refractivity contribution >= 4 is 42.2 Å². The molecule has 0 radical (unpaired) electrons. The van der Waals surface area contributed by atoms with Crippen molar-refractivity contribution < 1.29 is 34.2 Å². The van der Waals surface area contributed by atoms with Crippen LogP contribution < -0.4 is 33.2 Å². The molecule has 5 atom stereocenters. The molecule has 5 unspecified atom stereocenters. The number of amides is 4. The number of unbranched alkanes of at least 4 members (excludes halogenated alkanes) is 1. The first kappa shape index (κ1) is 29.6. The first-order valence-electron chi connectivity index (χ1n) is 10.1. The van der Waals surface area contributed by atoms with Crippen LogP contribution in [-0.4, -0.2) is 82.4 Å². The zero-order chi connectivity index (χ0) is 24.8. The van der Waals surface area contributed by atoms with Crippen molar-refractivity contribution in [3.63, 3.8) is 0 Å². The van der Waals surface area contributed by atoms with Gasteiger partial charge in [0.05, 0.1) is 12.1 Å². The van der Waals surface area contributed by atoms with Gasteiger partial charge in [-0.2, -0.15) is 12.6 Å². The second-order valence-corrected chi connectivity index (χ2v) is 7.63. The van der Waals surface area contributed by atoms with E-state index < -0.39 is 59.9 Å². The van der Waals surface area contributed by atoms with E-state index in [1.54, 1.807) is 0 Å². The van der Waals surface area contributed by atoms with E-state index in [0.717, 1.165) is 0 Å². The summed E-state index contributed by atoms with van der Waals surface area (Å²) in [6, 6.07) is -5.00. The second kappa shape index (κ2) is 15.4. The zero-order valence-corrected chi connectivity index (χ0v) is 18.8. The second-order valence-electron chi connectivity index (χ2n) is 7.27. The van der Waals surface area contributed by atoms with Gasteiger partial charge in [0.15, 0.2) is 6.04 Å². The number of nitrogens with one attached hydrogen (secondary N) is 3. The van der Waals surface area contributed by atoms with E-state index in [9.17, 15) is 29.1 Å². The Morgan fingerprint density at radius 3 is 1.94 bits per heavy atom. The Morgan fingerprint density at radius 2 is 1.47 bits per heavy atom. The molecule has 0 rings (SSSR count). The number of aliphatic carboxylic acids is 1. The summed E-state index contributed by atoms with van der Waals surface area (Å²) in [6.07, 6.45) is -0.660. The summed E-state index contributed by atoms with van der Waals surface area (Å²) < 4.78 is 0. The van der Waals surface area contributed by atoms with Crippen LogP contribution in [0.3, 0.4) is 0 Å². The monoisotopic (exact) mass is 478 g/mol. The summed E-state index contributed by atoms with van der Waals surface area (Å²) in [4.78, 5) is 59.9. The highest BCUT2D eigenvalue weighted by Crippen LogP contribution is 2.06. The van der Waals surface area contributed by atoms with Crippen LogP contribution in [0, 0.1) is 0 Å². The predicted octanol–water partition coefficient (Wildman–Crippen LogP) is -3.44. The lowest BCUT2D eigenvalue weighted by Crippen LogP contribution is -2.58. The van der Waals surface area contributed by atoms with Crippen LogP contribution in [0.4, 0.5) is 0 Å². The van der Waals surface area contributed by atoms with Gasteiger partial charge in [-0.05, 0) is 39.2 Å². The molecule has 0 fully saturated rings. The van der Waals surface area contributed by atoms with Gasteiger partial charge in [-0.15, -0.1) is 0 Å². The molecule has 0 aliphatic heterocycles. The van der Waals surface area contributed by atoms with Crippen LogP contribution in [0.1, 0.15) is 39.0 Å². The maximum Gasteiger partial charge on any atom is 0.328 e. The number of hydrogen-bond acceptors (Lipinski definition) is 9. The molecule has 0 aliphatic rings. The van der Waals surface area contributed by atoms with Gasteiger partial charge >= 0.3 is 5.97 Å². The number of carboxylic acid groups (broad SMARTS) is 1. The number of aliphatic hydroxyl groups excluding tert-OH is 1. The molecule has 0 aromatic carbocycles. The summed E-state index contributed by atoms with van der Waals surface area (Å²) >= 11 is 3.92. The van der Waals surface area contributed by atoms with Crippen molar-refractivity contribution in [2.24, 2.45) is 17.2 Å². The van der Waals surface area contributed by atoms with E-state index in [2.05, 4.69) is 28.6 Å². The van der Waals surface area contributed by atoms with E-state index in [4.69, 9.17) is 22.3 Å². The molecule has 0 aromatic rings. The van der Waals surface area contributed by atoms with Gasteiger partial charge in [0, 0.05) is 12.2 Å². The van der Waals surface area contributed by atoms with Gasteiger partial charge in [0.1, 0.15) is 12.1 Å². The van der Waals surface area contributed by atoms with Crippen molar-refractivity contribution in [3.05, 3.63) is 0 Å². The molecule has 32 heavy (non-hydrogen) atoms. The Balaban J connectivity index is 5.50. The zero-order valence-electron chi connectivity index (χ0n) is 18.0. The number of nitrogens with two attached hydrogens (primary N) is 3. The highest BCUT2D eigenvalue weighted by atomic mass is 32.1. The number of carboxylic acids is 1. The average molecular weight is 479 g/mol. The van der Waals surface area contributed by atoms with Crippen LogP contribution in [0.2, 0.25) is 0 Å². The molecule has 4 amide bonds. The molecule has 0 aliphatic carbocycles. The minimum absolute atomic E-state index is 0.00995. The predicted molar refractivity (Wildman–Crippen MR) is 118 cm³/mol. The number of carbonyl (C=O) groups is 5. The molecule has 13 nitrogen and oxygen atoms in total. The number of rotatable bonds is 16. The number of aliphatic hydroxyl groups is 1. The highest BCUT2D eigenvalue weighted by Gasteiger charge is 2.31. The van der Waals surface area contributed by atoms with Gasteiger partial charge in [-0.3, -0.25) is 19.2 Å². The molecule has 0 spiro atoms. The third kappa shape index (κ3) is 11.3. The fraction of sp³-hybridized carbons (Fsp3) is 0.722. The van der Waals surface area contributed by atoms with E-state index in [1.165, 1.54) is 6.92 Å². The van der Waals surface area contributed by atoms with Crippen LogP contribution in [0.25, 0.3) is 0 Å². The molecule has 0 bridgehead atoms. The molecule has 11 N–H and O–H groups in total. The number of thiol groups is 1. The van der Waals surface area contributed by atoms with Crippen molar-refractivity contribution in [2.45, 2.75) is 69.3 Å². The number of primary amides is 1. The largest absolute Gasteiger partial charge is 0.480 e. The number of hydrogen-bond donors (Lipinski definition) is 9. The van der Waals surface area contributed by atoms with Crippen LogP contribution in [-0.2, 0) is 24.0 Å². The molecule has 14 heteroatoms. The third-order valence-corrected chi connectivity index (χ3v) is 4.87. The van der Waals surface area contributed by atoms with Crippen molar-refractivity contribution in [1.29, 1.82) is 0 Å². The molecule has 0 aromatic heterocycles. The fourth-order valence-electron chi connectivity index (χ4n) is 2.59. The SMILES string of the molecule is CC(O)C(NC(=O)C(CCCCN)NC(=O)C(CCC(N)=O)NC(=O)C(N)CS)C(=O)O. The van der Waals surface area contributed by atoms with E-state index in [0.29, 0.717) is 19.4 Å². The number of carbonyl (C=O) groups excluding carboxylic acids is 4. The van der Waals surface area contributed by atoms with Crippen LogP contribution in [0.5, 0.6) is 0 Å². The van der Waals surface area contributed by atoms with Gasteiger partial charge < -0.3 is 43.4 Å². The lowest BCUT2D eigenvalue weighted by Gasteiger charge is -2.25. The summed E-state index contributed by atoms with van der Waals surface area (Å²) in [6.45, 7) is 1.54. The van der Waals surface area contributed by atoms with Crippen molar-refractivity contribution in [2.75, 3.05) is 12.3 Å². The molecule has 184 valence electrons. The summed E-state index contributed by atoms with van der Waals surface area (Å²) in [5, 5.41) is 25.8. The average Bonchev–Trinajstić information content (AvgIpc) is 2.72. The minimum Gasteiger partial charge on any atom is -0.480 e. The van der Waals surface area contributed by atoms with E-state index >= 15 is 0 Å². The standard InChI is InChI=1S/C18H34N6O7S/c1-9(25)14(18(30)31)24-17(29)11(4-2-3-7-19)23-16(28)12(5-6-13(21)26)22-15(27)10(20)8-32/h9-12,14,25,32H,2-8,19-20H2,1H3,(H2,21,26)(H,22,27)(H,23,28)(H,24,29)(H,30,31). The van der Waals surface area contributed by atoms with Gasteiger partial charge in [0.25, 0.3) is 0 Å². The Morgan fingerprint density at radius 1 is 0.938 bits per heavy atom. The third-order valence-electron chi connectivity index (χ3n) is 4.47. The topological polar surface area (TPSA) is 240 Å². The van der Waals surface area contributed by atoms with Gasteiger partial charge in [0.2, 0.25) is 23.6 Å². The first-order chi connectivity index (χ1) is 14.9. The summed E-state index contributed by atoms with van der Waals surface area (Å²) in [5.74, 6) is -4.45. The maximum absolute atomic E-state index is 12.8. The summed E-state index contributed by atoms with van der Waals surface area (Å²) in [5.41, 5.74) is 16.2. The Hall–Kier alpha value is -2.42. The van der Waals surface area contributed by atoms with Crippen molar-refractivity contribution in [1.82, 2.24) is 16.0 Å². The van der Waals surface area contributed by atoms with Gasteiger partial charge in [-0.25, -0.2) is 4.79 Å². The fourth-order valence-corrected chi connectivity index (χ4v) is 2.76. The van der Waals surface area contributed by atoms with E-state index in [1.807, 2.05) is 0 Å². The lowest BCUT2D eigenvalue weighted by molar-refractivity contribution is -0.145. The van der Waals surface area contributed by atoms with Gasteiger partial charge in [-0.1, -0.05) is 0 Å². The molecular formula is C18H34N6O7S. The maximum atomic E-state index is 12.8. The molecule has 0 saturated carbocycles. The Labute approximate surface area is 191 Å². The van der Waals surface area contributed by atoms with E-state index in [-0.39, 0.29) is 25.0 Å². The molecule has 0 heterocycles. The first-order valence-corrected chi connectivity index (χ1v) is 10.7. The highest BCUT2D eigenvalue weighted by molar-refractivity contribution is 7.80. The molecular weight excluding hydrogens is 444 g/mol. The lowest BCUT2D eigenvalue weighted by atomic mass is 10.0. The Kier molecular flexibility index (Phi) is 14.2. The quantitative estimate of drug-likeness (QED) is 0.0790. The summed E-state index contributed by atoms with van der Waals surface area (Å²) in [7, 11) is 0. The molecule has 0 saturated heterocycles. The van der Waals surface area contributed by atoms with Crippen molar-refractivity contribution in [3.8, 4) is 0 Å². The van der Waals surface area contributed by atoms with Crippen LogP contribution >= 0.6 is 12.6 Å². The van der Waals surface area contributed by atoms with Crippen LogP contribution in [0.15, 0.2) is 0 Å². The minimum atomic E-state index is -1.59. The normalized spacial score (nSPS) is 15.5.